The number of ether oxygens (including phenoxy) is 1. The van der Waals surface area contributed by atoms with Crippen molar-refractivity contribution in [2.24, 2.45) is 0 Å². The average Bonchev–Trinajstić information content (AvgIpc) is 2.94. The quantitative estimate of drug-likeness (QED) is 0.943. The fourth-order valence-electron chi connectivity index (χ4n) is 1.81. The maximum absolute atomic E-state index is 12.3. The van der Waals surface area contributed by atoms with E-state index in [1.54, 1.807) is 38.4 Å². The van der Waals surface area contributed by atoms with Gasteiger partial charge in [0.15, 0.2) is 5.69 Å². The van der Waals surface area contributed by atoms with Crippen LogP contribution in [0.5, 0.6) is 5.75 Å². The molecule has 106 valence electrons. The van der Waals surface area contributed by atoms with Crippen molar-refractivity contribution in [3.63, 3.8) is 0 Å². The van der Waals surface area contributed by atoms with Gasteiger partial charge in [-0.25, -0.2) is 0 Å². The second-order valence-electron chi connectivity index (χ2n) is 4.31. The van der Waals surface area contributed by atoms with Crippen molar-refractivity contribution >= 4 is 23.2 Å². The number of hydrogen-bond donors (Lipinski definition) is 1. The largest absolute Gasteiger partial charge is 0.495 e. The highest BCUT2D eigenvalue weighted by Crippen LogP contribution is 2.29. The van der Waals surface area contributed by atoms with Crippen LogP contribution >= 0.6 is 11.6 Å². The number of aromatic nitrogens is 2. The van der Waals surface area contributed by atoms with Crippen molar-refractivity contribution < 1.29 is 9.53 Å². The predicted molar refractivity (Wildman–Crippen MR) is 78.7 cm³/mol. The van der Waals surface area contributed by atoms with E-state index in [9.17, 15) is 4.79 Å². The van der Waals surface area contributed by atoms with E-state index in [2.05, 4.69) is 10.2 Å². The Morgan fingerprint density at radius 3 is 2.75 bits per heavy atom. The fourth-order valence-corrected chi connectivity index (χ4v) is 2.06. The molecule has 2 aromatic rings. The average molecular weight is 294 g/mol. The van der Waals surface area contributed by atoms with Crippen LogP contribution in [0.15, 0.2) is 24.3 Å². The van der Waals surface area contributed by atoms with Crippen LogP contribution in [0.4, 0.5) is 5.69 Å². The van der Waals surface area contributed by atoms with Gasteiger partial charge in [0.1, 0.15) is 5.75 Å². The predicted octanol–water partition coefficient (Wildman–Crippen LogP) is 2.91. The monoisotopic (exact) mass is 293 g/mol. The number of H-pyrrole nitrogens is 1. The summed E-state index contributed by atoms with van der Waals surface area (Å²) in [5.41, 5.74) is 1.99. The number of nitrogens with zero attached hydrogens (tertiary/aromatic N) is 2. The van der Waals surface area contributed by atoms with Crippen LogP contribution in [0, 0.1) is 0 Å². The number of rotatable bonds is 4. The van der Waals surface area contributed by atoms with Crippen LogP contribution in [-0.4, -0.2) is 30.3 Å². The smallest absolute Gasteiger partial charge is 0.278 e. The molecule has 1 heterocycles. The number of aromatic amines is 1. The number of nitrogens with one attached hydrogen (secondary N) is 1. The lowest BCUT2D eigenvalue weighted by Crippen LogP contribution is -2.26. The van der Waals surface area contributed by atoms with Gasteiger partial charge in [0, 0.05) is 18.4 Å². The molecule has 2 rings (SSSR count). The maximum Gasteiger partial charge on any atom is 0.278 e. The highest BCUT2D eigenvalue weighted by molar-refractivity contribution is 6.32. The van der Waals surface area contributed by atoms with E-state index < -0.39 is 0 Å². The fraction of sp³-hybridized carbons (Fsp3) is 0.286. The van der Waals surface area contributed by atoms with Crippen LogP contribution < -0.4 is 9.64 Å². The molecule has 1 aromatic heterocycles. The van der Waals surface area contributed by atoms with E-state index in [0.29, 0.717) is 22.2 Å². The van der Waals surface area contributed by atoms with Gasteiger partial charge in [-0.1, -0.05) is 18.5 Å². The first-order valence-corrected chi connectivity index (χ1v) is 6.60. The molecule has 0 unspecified atom stereocenters. The van der Waals surface area contributed by atoms with Crippen LogP contribution in [-0.2, 0) is 6.42 Å². The van der Waals surface area contributed by atoms with Gasteiger partial charge in [-0.05, 0) is 30.7 Å². The summed E-state index contributed by atoms with van der Waals surface area (Å²) in [5.74, 6) is 0.381. The highest BCUT2D eigenvalue weighted by atomic mass is 35.5. The van der Waals surface area contributed by atoms with Crippen LogP contribution in [0.1, 0.15) is 23.1 Å². The summed E-state index contributed by atoms with van der Waals surface area (Å²) in [6.45, 7) is 1.99. The minimum Gasteiger partial charge on any atom is -0.495 e. The summed E-state index contributed by atoms with van der Waals surface area (Å²) in [4.78, 5) is 13.8. The third kappa shape index (κ3) is 2.77. The van der Waals surface area contributed by atoms with Gasteiger partial charge in [0.25, 0.3) is 5.91 Å². The minimum atomic E-state index is -0.192. The summed E-state index contributed by atoms with van der Waals surface area (Å²) >= 11 is 6.07. The molecule has 0 saturated heterocycles. The molecule has 5 nitrogen and oxygen atoms in total. The molecule has 0 radical (unpaired) electrons. The molecule has 0 atom stereocenters. The van der Waals surface area contributed by atoms with Crippen molar-refractivity contribution in [1.29, 1.82) is 0 Å². The molecule has 0 fully saturated rings. The SMILES string of the molecule is CCc1cc(C(=O)N(C)c2ccc(OC)c(Cl)c2)n[nH]1. The summed E-state index contributed by atoms with van der Waals surface area (Å²) < 4.78 is 5.09. The molecule has 0 aliphatic rings. The van der Waals surface area contributed by atoms with Crippen molar-refractivity contribution in [2.45, 2.75) is 13.3 Å². The third-order valence-electron chi connectivity index (χ3n) is 3.06. The lowest BCUT2D eigenvalue weighted by Gasteiger charge is -2.17. The number of aryl methyl sites for hydroxylation is 1. The molecule has 0 saturated carbocycles. The number of hydrogen-bond acceptors (Lipinski definition) is 3. The van der Waals surface area contributed by atoms with Crippen LogP contribution in [0.25, 0.3) is 0 Å². The summed E-state index contributed by atoms with van der Waals surface area (Å²) in [7, 11) is 3.23. The highest BCUT2D eigenvalue weighted by Gasteiger charge is 2.17. The van der Waals surface area contributed by atoms with E-state index in [1.165, 1.54) is 4.90 Å². The second kappa shape index (κ2) is 5.96. The van der Waals surface area contributed by atoms with Gasteiger partial charge in [0.2, 0.25) is 0 Å². The van der Waals surface area contributed by atoms with E-state index in [1.807, 2.05) is 6.92 Å². The Kier molecular flexibility index (Phi) is 4.29. The Hall–Kier alpha value is -2.01. The lowest BCUT2D eigenvalue weighted by atomic mass is 10.2. The summed E-state index contributed by atoms with van der Waals surface area (Å²) in [6.07, 6.45) is 0.804. The Labute approximate surface area is 122 Å². The number of carbonyl (C=O) groups excluding carboxylic acids is 1. The standard InChI is InChI=1S/C14H16ClN3O2/c1-4-9-7-12(17-16-9)14(19)18(2)10-5-6-13(20-3)11(15)8-10/h5-8H,4H2,1-3H3,(H,16,17). The first kappa shape index (κ1) is 14.4. The normalized spacial score (nSPS) is 10.4. The van der Waals surface area contributed by atoms with Crippen molar-refractivity contribution in [3.05, 3.63) is 40.7 Å². The molecule has 0 spiro atoms. The number of halogens is 1. The van der Waals surface area contributed by atoms with Gasteiger partial charge in [-0.2, -0.15) is 5.10 Å². The molecular weight excluding hydrogens is 278 g/mol. The van der Waals surface area contributed by atoms with Gasteiger partial charge in [-0.3, -0.25) is 9.89 Å². The Bertz CT molecular complexity index is 625. The minimum absolute atomic E-state index is 0.192. The first-order valence-electron chi connectivity index (χ1n) is 6.22. The van der Waals surface area contributed by atoms with Gasteiger partial charge >= 0.3 is 0 Å². The van der Waals surface area contributed by atoms with Gasteiger partial charge in [0.05, 0.1) is 12.1 Å². The van der Waals surface area contributed by atoms with Crippen LogP contribution in [0.2, 0.25) is 5.02 Å². The lowest BCUT2D eigenvalue weighted by molar-refractivity contribution is 0.0988. The molecular formula is C14H16ClN3O2. The summed E-state index contributed by atoms with van der Waals surface area (Å²) in [5, 5.41) is 7.30. The summed E-state index contributed by atoms with van der Waals surface area (Å²) in [6, 6.07) is 6.94. The molecule has 20 heavy (non-hydrogen) atoms. The van der Waals surface area contributed by atoms with E-state index in [0.717, 1.165) is 12.1 Å². The van der Waals surface area contributed by atoms with E-state index in [-0.39, 0.29) is 5.91 Å². The molecule has 0 bridgehead atoms. The number of methoxy groups -OCH3 is 1. The zero-order chi connectivity index (χ0) is 14.7. The van der Waals surface area contributed by atoms with Crippen molar-refractivity contribution in [3.8, 4) is 5.75 Å². The molecule has 0 aliphatic carbocycles. The maximum atomic E-state index is 12.3. The zero-order valence-corrected chi connectivity index (χ0v) is 12.4. The number of carbonyl (C=O) groups is 1. The topological polar surface area (TPSA) is 58.2 Å². The Morgan fingerprint density at radius 1 is 1.45 bits per heavy atom. The van der Waals surface area contributed by atoms with Crippen molar-refractivity contribution in [1.82, 2.24) is 10.2 Å². The van der Waals surface area contributed by atoms with Gasteiger partial charge in [-0.15, -0.1) is 0 Å². The third-order valence-corrected chi connectivity index (χ3v) is 3.35. The Morgan fingerprint density at radius 2 is 2.20 bits per heavy atom. The molecule has 6 heteroatoms. The second-order valence-corrected chi connectivity index (χ2v) is 4.72. The Balaban J connectivity index is 2.24. The number of benzene rings is 1. The van der Waals surface area contributed by atoms with E-state index >= 15 is 0 Å². The molecule has 1 amide bonds. The molecule has 1 N–H and O–H groups in total. The van der Waals surface area contributed by atoms with E-state index in [4.69, 9.17) is 16.3 Å². The van der Waals surface area contributed by atoms with Crippen LogP contribution in [0.3, 0.4) is 0 Å². The number of anilines is 1. The first-order chi connectivity index (χ1) is 9.56. The zero-order valence-electron chi connectivity index (χ0n) is 11.6. The molecule has 1 aromatic carbocycles. The van der Waals surface area contributed by atoms with Crippen molar-refractivity contribution in [2.75, 3.05) is 19.1 Å². The number of amides is 1. The van der Waals surface area contributed by atoms with Gasteiger partial charge < -0.3 is 9.64 Å². The molecule has 0 aliphatic heterocycles.